The topological polar surface area (TPSA) is 116 Å². The summed E-state index contributed by atoms with van der Waals surface area (Å²) in [5.41, 5.74) is -0.984. The van der Waals surface area contributed by atoms with Crippen LogP contribution in [0.1, 0.15) is 47.9 Å². The summed E-state index contributed by atoms with van der Waals surface area (Å²) < 4.78 is 15.8. The number of ether oxygens (including phenoxy) is 3. The van der Waals surface area contributed by atoms with Gasteiger partial charge in [0.15, 0.2) is 0 Å². The first kappa shape index (κ1) is 24.6. The zero-order valence-electron chi connectivity index (χ0n) is 17.4. The predicted molar refractivity (Wildman–Crippen MR) is 108 cm³/mol. The third-order valence-corrected chi connectivity index (χ3v) is 4.35. The molecule has 0 bridgehead atoms. The lowest BCUT2D eigenvalue weighted by Gasteiger charge is -2.31. The normalized spacial score (nSPS) is 10.6. The molecule has 0 aromatic heterocycles. The Hall–Kier alpha value is -3.42. The molecule has 0 aliphatic rings. The number of carbonyl (C=O) groups excluding carboxylic acids is 3. The van der Waals surface area contributed by atoms with Crippen LogP contribution < -0.4 is 0 Å². The summed E-state index contributed by atoms with van der Waals surface area (Å²) in [6.45, 7) is 11.1. The number of hydrogen-bond acceptors (Lipinski definition) is 7. The lowest BCUT2D eigenvalue weighted by molar-refractivity contribution is -0.151. The van der Waals surface area contributed by atoms with Gasteiger partial charge in [0.1, 0.15) is 19.8 Å². The molecule has 30 heavy (non-hydrogen) atoms. The van der Waals surface area contributed by atoms with Gasteiger partial charge in [0, 0.05) is 11.1 Å². The number of carboxylic acids is 1. The minimum absolute atomic E-state index is 0.118. The Kier molecular flexibility index (Phi) is 8.98. The number of rotatable bonds is 11. The first-order valence-corrected chi connectivity index (χ1v) is 9.17. The van der Waals surface area contributed by atoms with Gasteiger partial charge in [-0.15, -0.1) is 0 Å². The highest BCUT2D eigenvalue weighted by Crippen LogP contribution is 2.26. The largest absolute Gasteiger partial charge is 0.478 e. The Bertz CT molecular complexity index is 822. The first-order valence-electron chi connectivity index (χ1n) is 9.17. The summed E-state index contributed by atoms with van der Waals surface area (Å²) in [6, 6.07) is 5.63. The van der Waals surface area contributed by atoms with Crippen molar-refractivity contribution < 1.29 is 38.5 Å². The van der Waals surface area contributed by atoms with Gasteiger partial charge < -0.3 is 19.3 Å². The van der Waals surface area contributed by atoms with Crippen LogP contribution in [0, 0.1) is 5.41 Å². The van der Waals surface area contributed by atoms with Crippen LogP contribution in [0.4, 0.5) is 0 Å². The van der Waals surface area contributed by atoms with E-state index in [1.165, 1.54) is 38.1 Å². The molecule has 0 saturated heterocycles. The first-order chi connectivity index (χ1) is 14.0. The summed E-state index contributed by atoms with van der Waals surface area (Å²) in [4.78, 5) is 47.5. The second-order valence-electron chi connectivity index (χ2n) is 6.99. The van der Waals surface area contributed by atoms with Gasteiger partial charge in [-0.2, -0.15) is 0 Å². The summed E-state index contributed by atoms with van der Waals surface area (Å²) in [6.07, 6.45) is 0.327. The fourth-order valence-electron chi connectivity index (χ4n) is 2.26. The van der Waals surface area contributed by atoms with Crippen molar-refractivity contribution in [3.8, 4) is 0 Å². The highest BCUT2D eigenvalue weighted by atomic mass is 16.6. The molecule has 0 heterocycles. The SMILES string of the molecule is C=C(C)C(=O)OCC(CC)(COC(=O)C(=C)C)COC(=O)c1ccccc1C(=O)O. The Morgan fingerprint density at radius 3 is 1.70 bits per heavy atom. The zero-order valence-corrected chi connectivity index (χ0v) is 17.4. The number of carboxylic acid groups (broad SMARTS) is 1. The molecule has 0 fully saturated rings. The highest BCUT2D eigenvalue weighted by Gasteiger charge is 2.35. The molecule has 1 aromatic carbocycles. The molecule has 0 aliphatic heterocycles. The van der Waals surface area contributed by atoms with Gasteiger partial charge in [0.05, 0.1) is 16.5 Å². The smallest absolute Gasteiger partial charge is 0.339 e. The second-order valence-corrected chi connectivity index (χ2v) is 6.99. The fourth-order valence-corrected chi connectivity index (χ4v) is 2.26. The Morgan fingerprint density at radius 2 is 1.30 bits per heavy atom. The molecule has 0 amide bonds. The standard InChI is InChI=1S/C22H26O8/c1-6-22(11-28-19(25)14(2)3,12-29-20(26)15(4)5)13-30-21(27)17-10-8-7-9-16(17)18(23)24/h7-10H,2,4,6,11-13H2,1,3,5H3,(H,23,24). The van der Waals surface area contributed by atoms with Crippen molar-refractivity contribution in [2.45, 2.75) is 27.2 Å². The Labute approximate surface area is 175 Å². The van der Waals surface area contributed by atoms with E-state index in [4.69, 9.17) is 14.2 Å². The molecule has 0 aliphatic carbocycles. The molecule has 162 valence electrons. The molecule has 0 radical (unpaired) electrons. The van der Waals surface area contributed by atoms with Crippen molar-refractivity contribution in [2.24, 2.45) is 5.41 Å². The van der Waals surface area contributed by atoms with E-state index in [0.29, 0.717) is 6.42 Å². The van der Waals surface area contributed by atoms with Crippen LogP contribution in [0.25, 0.3) is 0 Å². The van der Waals surface area contributed by atoms with Gasteiger partial charge in [0.2, 0.25) is 0 Å². The van der Waals surface area contributed by atoms with Crippen molar-refractivity contribution in [3.63, 3.8) is 0 Å². The van der Waals surface area contributed by atoms with Crippen molar-refractivity contribution in [3.05, 3.63) is 59.7 Å². The van der Waals surface area contributed by atoms with Crippen molar-refractivity contribution in [1.29, 1.82) is 0 Å². The molecule has 8 heteroatoms. The third kappa shape index (κ3) is 6.88. The van der Waals surface area contributed by atoms with E-state index in [-0.39, 0.29) is 42.1 Å². The molecule has 1 aromatic rings. The van der Waals surface area contributed by atoms with Crippen LogP contribution in [0.3, 0.4) is 0 Å². The van der Waals surface area contributed by atoms with Crippen LogP contribution in [0.2, 0.25) is 0 Å². The minimum atomic E-state index is -1.27. The Morgan fingerprint density at radius 1 is 0.867 bits per heavy atom. The lowest BCUT2D eigenvalue weighted by atomic mass is 9.88. The summed E-state index contributed by atoms with van der Waals surface area (Å²) >= 11 is 0. The molecule has 8 nitrogen and oxygen atoms in total. The molecular formula is C22H26O8. The van der Waals surface area contributed by atoms with Gasteiger partial charge in [-0.25, -0.2) is 19.2 Å². The molecular weight excluding hydrogens is 392 g/mol. The number of esters is 3. The van der Waals surface area contributed by atoms with Crippen LogP contribution in [0.15, 0.2) is 48.6 Å². The second kappa shape index (κ2) is 10.9. The number of carbonyl (C=O) groups is 4. The zero-order chi connectivity index (χ0) is 22.9. The van der Waals surface area contributed by atoms with E-state index in [9.17, 15) is 24.3 Å². The predicted octanol–water partition coefficient (Wildman–Crippen LogP) is 3.18. The number of benzene rings is 1. The van der Waals surface area contributed by atoms with Gasteiger partial charge in [-0.3, -0.25) is 0 Å². The minimum Gasteiger partial charge on any atom is -0.478 e. The van der Waals surface area contributed by atoms with Crippen molar-refractivity contribution in [1.82, 2.24) is 0 Å². The van der Waals surface area contributed by atoms with Crippen molar-refractivity contribution >= 4 is 23.9 Å². The summed E-state index contributed by atoms with van der Waals surface area (Å²) in [5.74, 6) is -3.40. The maximum Gasteiger partial charge on any atom is 0.339 e. The maximum atomic E-state index is 12.5. The van der Waals surface area contributed by atoms with Crippen LogP contribution in [0.5, 0.6) is 0 Å². The fraction of sp³-hybridized carbons (Fsp3) is 0.364. The van der Waals surface area contributed by atoms with E-state index in [1.807, 2.05) is 0 Å². The van der Waals surface area contributed by atoms with Gasteiger partial charge in [0.25, 0.3) is 0 Å². The molecule has 0 saturated carbocycles. The maximum absolute atomic E-state index is 12.5. The summed E-state index contributed by atoms with van der Waals surface area (Å²) in [5, 5.41) is 9.24. The molecule has 1 N–H and O–H groups in total. The van der Waals surface area contributed by atoms with Crippen LogP contribution in [-0.4, -0.2) is 48.8 Å². The van der Waals surface area contributed by atoms with Crippen molar-refractivity contribution in [2.75, 3.05) is 19.8 Å². The average molecular weight is 418 g/mol. The van der Waals surface area contributed by atoms with E-state index in [1.54, 1.807) is 6.92 Å². The molecule has 0 unspecified atom stereocenters. The van der Waals surface area contributed by atoms with Gasteiger partial charge >= 0.3 is 23.9 Å². The molecule has 1 rings (SSSR count). The molecule has 0 spiro atoms. The summed E-state index contributed by atoms with van der Waals surface area (Å²) in [7, 11) is 0. The monoisotopic (exact) mass is 418 g/mol. The van der Waals surface area contributed by atoms with E-state index in [2.05, 4.69) is 13.2 Å². The highest BCUT2D eigenvalue weighted by molar-refractivity contribution is 6.02. The van der Waals surface area contributed by atoms with Crippen LogP contribution >= 0.6 is 0 Å². The number of aromatic carboxylic acids is 1. The quantitative estimate of drug-likeness (QED) is 0.331. The van der Waals surface area contributed by atoms with Gasteiger partial charge in [-0.05, 0) is 32.4 Å². The van der Waals surface area contributed by atoms with Gasteiger partial charge in [-0.1, -0.05) is 32.2 Å². The Balaban J connectivity index is 3.03. The average Bonchev–Trinajstić information content (AvgIpc) is 2.72. The van der Waals surface area contributed by atoms with E-state index in [0.717, 1.165) is 0 Å². The third-order valence-electron chi connectivity index (χ3n) is 4.35. The lowest BCUT2D eigenvalue weighted by Crippen LogP contribution is -2.39. The molecule has 0 atom stereocenters. The van der Waals surface area contributed by atoms with E-state index < -0.39 is 29.3 Å². The number of hydrogen-bond donors (Lipinski definition) is 1. The van der Waals surface area contributed by atoms with E-state index >= 15 is 0 Å². The van der Waals surface area contributed by atoms with Crippen LogP contribution in [-0.2, 0) is 23.8 Å².